The summed E-state index contributed by atoms with van der Waals surface area (Å²) in [6.45, 7) is 2.87. The summed E-state index contributed by atoms with van der Waals surface area (Å²) in [6.07, 6.45) is 3.18. The number of ether oxygens (including phenoxy) is 1. The Morgan fingerprint density at radius 1 is 1.21 bits per heavy atom. The van der Waals surface area contributed by atoms with E-state index in [2.05, 4.69) is 35.6 Å². The van der Waals surface area contributed by atoms with Crippen LogP contribution in [0.2, 0.25) is 0 Å². The minimum Gasteiger partial charge on any atom is -0.464 e. The van der Waals surface area contributed by atoms with Crippen molar-refractivity contribution in [3.05, 3.63) is 24.3 Å². The highest BCUT2D eigenvalue weighted by Gasteiger charge is 2.06. The molecule has 0 aliphatic heterocycles. The van der Waals surface area contributed by atoms with Crippen LogP contribution in [0.5, 0.6) is 6.01 Å². The van der Waals surface area contributed by atoms with Gasteiger partial charge in [0.15, 0.2) is 0 Å². The van der Waals surface area contributed by atoms with Gasteiger partial charge in [-0.3, -0.25) is 0 Å². The van der Waals surface area contributed by atoms with Gasteiger partial charge in [0.05, 0.1) is 18.8 Å². The fourth-order valence-corrected chi connectivity index (χ4v) is 1.33. The molecule has 2 N–H and O–H groups in total. The Hall–Kier alpha value is -2.51. The van der Waals surface area contributed by atoms with Gasteiger partial charge in [-0.05, 0) is 13.0 Å². The van der Waals surface area contributed by atoms with Crippen molar-refractivity contribution in [2.45, 2.75) is 13.5 Å². The normalized spacial score (nSPS) is 10.0. The predicted molar refractivity (Wildman–Crippen MR) is 69.9 cm³/mol. The Bertz CT molecular complexity index is 520. The van der Waals surface area contributed by atoms with Crippen molar-refractivity contribution in [3.63, 3.8) is 0 Å². The van der Waals surface area contributed by atoms with Crippen molar-refractivity contribution >= 4 is 11.9 Å². The molecule has 0 fully saturated rings. The summed E-state index contributed by atoms with van der Waals surface area (Å²) in [6, 6.07) is 2.10. The minimum absolute atomic E-state index is 0.284. The van der Waals surface area contributed by atoms with Crippen molar-refractivity contribution in [2.75, 3.05) is 24.3 Å². The van der Waals surface area contributed by atoms with Crippen LogP contribution in [0.4, 0.5) is 11.9 Å². The maximum Gasteiger partial charge on any atom is 0.323 e. The molecule has 0 aliphatic carbocycles. The Kier molecular flexibility index (Phi) is 4.38. The summed E-state index contributed by atoms with van der Waals surface area (Å²) in [5.74, 6) is 0.880. The van der Waals surface area contributed by atoms with Gasteiger partial charge in [-0.25, -0.2) is 9.97 Å². The molecule has 0 amide bonds. The van der Waals surface area contributed by atoms with Gasteiger partial charge in [-0.1, -0.05) is 0 Å². The predicted octanol–water partition coefficient (Wildman–Crippen LogP) is 0.714. The summed E-state index contributed by atoms with van der Waals surface area (Å²) in [7, 11) is 1.74. The lowest BCUT2D eigenvalue weighted by atomic mass is 10.4. The molecule has 19 heavy (non-hydrogen) atoms. The fourth-order valence-electron chi connectivity index (χ4n) is 1.33. The lowest BCUT2D eigenvalue weighted by molar-refractivity contribution is 0.312. The summed E-state index contributed by atoms with van der Waals surface area (Å²) in [5, 5.41) is 5.92. The number of hydrogen-bond acceptors (Lipinski definition) is 8. The number of nitrogens with zero attached hydrogens (tertiary/aromatic N) is 5. The largest absolute Gasteiger partial charge is 0.464 e. The zero-order chi connectivity index (χ0) is 13.5. The maximum absolute atomic E-state index is 5.27. The molecule has 0 atom stereocenters. The summed E-state index contributed by atoms with van der Waals surface area (Å²) in [4.78, 5) is 20.4. The topological polar surface area (TPSA) is 97.7 Å². The lowest BCUT2D eigenvalue weighted by Gasteiger charge is -2.08. The van der Waals surface area contributed by atoms with Crippen LogP contribution in [-0.4, -0.2) is 38.6 Å². The van der Waals surface area contributed by atoms with Gasteiger partial charge in [-0.2, -0.15) is 15.0 Å². The lowest BCUT2D eigenvalue weighted by Crippen LogP contribution is -2.10. The molecule has 2 heterocycles. The molecule has 8 nitrogen and oxygen atoms in total. The van der Waals surface area contributed by atoms with Crippen LogP contribution >= 0.6 is 0 Å². The molecular weight excluding hydrogens is 246 g/mol. The highest BCUT2D eigenvalue weighted by atomic mass is 16.5. The standard InChI is InChI=1S/C11H15N7O/c1-3-19-11-17-9(12-2)16-10(18-11)14-6-8-4-5-13-7-15-8/h4-5,7H,3,6H2,1-2H3,(H2,12,14,16,17,18). The smallest absolute Gasteiger partial charge is 0.323 e. The molecule has 2 rings (SSSR count). The Balaban J connectivity index is 2.08. The van der Waals surface area contributed by atoms with Crippen LogP contribution in [0.25, 0.3) is 0 Å². The van der Waals surface area contributed by atoms with Crippen molar-refractivity contribution in [1.29, 1.82) is 0 Å². The molecule has 0 radical (unpaired) electrons. The number of nitrogens with one attached hydrogen (secondary N) is 2. The monoisotopic (exact) mass is 261 g/mol. The highest BCUT2D eigenvalue weighted by Crippen LogP contribution is 2.11. The second kappa shape index (κ2) is 6.43. The van der Waals surface area contributed by atoms with Crippen LogP contribution in [0, 0.1) is 0 Å². The minimum atomic E-state index is 0.284. The third-order valence-electron chi connectivity index (χ3n) is 2.18. The Morgan fingerprint density at radius 2 is 2.05 bits per heavy atom. The van der Waals surface area contributed by atoms with Crippen LogP contribution < -0.4 is 15.4 Å². The Morgan fingerprint density at radius 3 is 2.74 bits per heavy atom. The molecule has 0 saturated heterocycles. The van der Waals surface area contributed by atoms with E-state index in [0.29, 0.717) is 25.0 Å². The van der Waals surface area contributed by atoms with Crippen molar-refractivity contribution in [1.82, 2.24) is 24.9 Å². The molecule has 0 bridgehead atoms. The SMILES string of the molecule is CCOc1nc(NC)nc(NCc2ccncn2)n1. The molecule has 8 heteroatoms. The number of rotatable bonds is 6. The van der Waals surface area contributed by atoms with Crippen LogP contribution in [0.3, 0.4) is 0 Å². The van der Waals surface area contributed by atoms with Crippen molar-refractivity contribution in [2.24, 2.45) is 0 Å². The van der Waals surface area contributed by atoms with Gasteiger partial charge in [0.2, 0.25) is 11.9 Å². The van der Waals surface area contributed by atoms with E-state index >= 15 is 0 Å². The van der Waals surface area contributed by atoms with Gasteiger partial charge in [-0.15, -0.1) is 0 Å². The van der Waals surface area contributed by atoms with E-state index in [0.717, 1.165) is 5.69 Å². The molecule has 0 saturated carbocycles. The first-order chi connectivity index (χ1) is 9.31. The number of hydrogen-bond donors (Lipinski definition) is 2. The molecule has 2 aromatic rings. The molecule has 2 aromatic heterocycles. The van der Waals surface area contributed by atoms with Crippen molar-refractivity contribution in [3.8, 4) is 6.01 Å². The first kappa shape index (κ1) is 12.9. The van der Waals surface area contributed by atoms with E-state index in [1.165, 1.54) is 6.33 Å². The van der Waals surface area contributed by atoms with Crippen LogP contribution in [0.1, 0.15) is 12.6 Å². The average molecular weight is 261 g/mol. The summed E-state index contributed by atoms with van der Waals surface area (Å²) < 4.78 is 5.27. The van der Waals surface area contributed by atoms with E-state index in [1.807, 2.05) is 13.0 Å². The van der Waals surface area contributed by atoms with E-state index < -0.39 is 0 Å². The van der Waals surface area contributed by atoms with Gasteiger partial charge in [0.1, 0.15) is 6.33 Å². The van der Waals surface area contributed by atoms with Crippen LogP contribution in [-0.2, 0) is 6.54 Å². The summed E-state index contributed by atoms with van der Waals surface area (Å²) in [5.41, 5.74) is 0.847. The second-order valence-electron chi connectivity index (χ2n) is 3.50. The van der Waals surface area contributed by atoms with Crippen molar-refractivity contribution < 1.29 is 4.74 Å². The molecule has 0 unspecified atom stereocenters. The van der Waals surface area contributed by atoms with Gasteiger partial charge >= 0.3 is 6.01 Å². The third kappa shape index (κ3) is 3.73. The molecular formula is C11H15N7O. The zero-order valence-corrected chi connectivity index (χ0v) is 10.8. The second-order valence-corrected chi connectivity index (χ2v) is 3.50. The molecule has 100 valence electrons. The third-order valence-corrected chi connectivity index (χ3v) is 2.18. The van der Waals surface area contributed by atoms with Gasteiger partial charge in [0, 0.05) is 13.2 Å². The summed E-state index contributed by atoms with van der Waals surface area (Å²) >= 11 is 0. The number of aromatic nitrogens is 5. The van der Waals surface area contributed by atoms with E-state index in [9.17, 15) is 0 Å². The van der Waals surface area contributed by atoms with E-state index in [4.69, 9.17) is 4.74 Å². The van der Waals surface area contributed by atoms with E-state index in [-0.39, 0.29) is 6.01 Å². The van der Waals surface area contributed by atoms with Gasteiger partial charge < -0.3 is 15.4 Å². The maximum atomic E-state index is 5.27. The van der Waals surface area contributed by atoms with Gasteiger partial charge in [0.25, 0.3) is 0 Å². The highest BCUT2D eigenvalue weighted by molar-refractivity contribution is 5.35. The number of anilines is 2. The van der Waals surface area contributed by atoms with E-state index in [1.54, 1.807) is 13.2 Å². The zero-order valence-electron chi connectivity index (χ0n) is 10.8. The fraction of sp³-hybridized carbons (Fsp3) is 0.364. The molecule has 0 aromatic carbocycles. The molecule has 0 spiro atoms. The first-order valence-corrected chi connectivity index (χ1v) is 5.87. The quantitative estimate of drug-likeness (QED) is 0.784. The molecule has 0 aliphatic rings. The first-order valence-electron chi connectivity index (χ1n) is 5.87. The van der Waals surface area contributed by atoms with Crippen LogP contribution in [0.15, 0.2) is 18.6 Å². The Labute approximate surface area is 110 Å². The average Bonchev–Trinajstić information content (AvgIpc) is 2.46.